The van der Waals surface area contributed by atoms with Crippen LogP contribution in [0.3, 0.4) is 0 Å². The molecule has 0 saturated carbocycles. The Morgan fingerprint density at radius 3 is 2.87 bits per heavy atom. The third kappa shape index (κ3) is 1.99. The molecule has 0 radical (unpaired) electrons. The summed E-state index contributed by atoms with van der Waals surface area (Å²) in [4.78, 5) is 19.9. The molecule has 0 bridgehead atoms. The van der Waals surface area contributed by atoms with Crippen molar-refractivity contribution in [3.8, 4) is 6.07 Å². The van der Waals surface area contributed by atoms with Crippen LogP contribution in [0.4, 0.5) is 5.69 Å². The van der Waals surface area contributed by atoms with Crippen molar-refractivity contribution in [2.75, 3.05) is 5.32 Å². The fourth-order valence-corrected chi connectivity index (χ4v) is 2.81. The molecule has 6 heteroatoms. The molecule has 0 fully saturated rings. The van der Waals surface area contributed by atoms with Crippen molar-refractivity contribution < 1.29 is 4.79 Å². The molecule has 3 N–H and O–H groups in total. The fraction of sp³-hybridized carbons (Fsp3) is 0.0588. The predicted molar refractivity (Wildman–Crippen MR) is 85.5 cm³/mol. The summed E-state index contributed by atoms with van der Waals surface area (Å²) in [6.07, 6.45) is 0. The quantitative estimate of drug-likeness (QED) is 0.643. The molecule has 3 aromatic rings. The SMILES string of the molecule is N#Cc1ccc2nc(C3C(=N)c4ccccc4NC3=O)[nH]c2c1. The number of amides is 1. The van der Waals surface area contributed by atoms with Crippen molar-refractivity contribution >= 4 is 28.3 Å². The number of H-pyrrole nitrogens is 1. The van der Waals surface area contributed by atoms with E-state index in [1.165, 1.54) is 0 Å². The molecule has 2 heterocycles. The van der Waals surface area contributed by atoms with Crippen molar-refractivity contribution in [2.45, 2.75) is 5.92 Å². The first-order valence-electron chi connectivity index (χ1n) is 7.06. The Hall–Kier alpha value is -3.46. The number of para-hydroxylation sites is 1. The number of rotatable bonds is 1. The van der Waals surface area contributed by atoms with E-state index in [0.29, 0.717) is 33.7 Å². The molecule has 0 spiro atoms. The van der Waals surface area contributed by atoms with E-state index in [1.807, 2.05) is 12.1 Å². The number of hydrogen-bond donors (Lipinski definition) is 3. The molecule has 1 atom stereocenters. The zero-order valence-electron chi connectivity index (χ0n) is 11.9. The summed E-state index contributed by atoms with van der Waals surface area (Å²) in [5.74, 6) is -0.664. The van der Waals surface area contributed by atoms with Gasteiger partial charge < -0.3 is 15.7 Å². The van der Waals surface area contributed by atoms with Crippen LogP contribution in [0.5, 0.6) is 0 Å². The van der Waals surface area contributed by atoms with Gasteiger partial charge in [-0.05, 0) is 24.3 Å². The number of aromatic amines is 1. The van der Waals surface area contributed by atoms with Gasteiger partial charge in [0.05, 0.1) is 28.4 Å². The number of hydrogen-bond acceptors (Lipinski definition) is 4. The average Bonchev–Trinajstić information content (AvgIpc) is 2.97. The molecule has 0 saturated heterocycles. The maximum atomic E-state index is 12.4. The van der Waals surface area contributed by atoms with Crippen LogP contribution in [0.25, 0.3) is 11.0 Å². The molecule has 2 aromatic carbocycles. The van der Waals surface area contributed by atoms with Crippen molar-refractivity contribution in [1.82, 2.24) is 9.97 Å². The summed E-state index contributed by atoms with van der Waals surface area (Å²) in [6, 6.07) is 14.4. The van der Waals surface area contributed by atoms with Crippen LogP contribution in [0.2, 0.25) is 0 Å². The van der Waals surface area contributed by atoms with Gasteiger partial charge in [0.1, 0.15) is 11.7 Å². The van der Waals surface area contributed by atoms with Crippen LogP contribution in [0, 0.1) is 16.7 Å². The Bertz CT molecular complexity index is 1010. The number of carbonyl (C=O) groups is 1. The Balaban J connectivity index is 1.83. The number of anilines is 1. The molecule has 1 aliphatic heterocycles. The van der Waals surface area contributed by atoms with E-state index in [2.05, 4.69) is 21.4 Å². The minimum absolute atomic E-state index is 0.212. The third-order valence-corrected chi connectivity index (χ3v) is 3.93. The predicted octanol–water partition coefficient (Wildman–Crippen LogP) is 2.54. The summed E-state index contributed by atoms with van der Waals surface area (Å²) in [6.45, 7) is 0. The highest BCUT2D eigenvalue weighted by Gasteiger charge is 2.34. The van der Waals surface area contributed by atoms with Gasteiger partial charge in [-0.15, -0.1) is 0 Å². The fourth-order valence-electron chi connectivity index (χ4n) is 2.81. The van der Waals surface area contributed by atoms with Gasteiger partial charge in [0.2, 0.25) is 5.91 Å². The van der Waals surface area contributed by atoms with Crippen molar-refractivity contribution in [3.05, 3.63) is 59.4 Å². The second-order valence-electron chi connectivity index (χ2n) is 5.35. The minimum Gasteiger partial charge on any atom is -0.341 e. The van der Waals surface area contributed by atoms with Gasteiger partial charge in [-0.3, -0.25) is 4.79 Å². The molecular weight excluding hydrogens is 290 g/mol. The van der Waals surface area contributed by atoms with E-state index in [9.17, 15) is 4.79 Å². The van der Waals surface area contributed by atoms with Gasteiger partial charge in [0, 0.05) is 11.3 Å². The van der Waals surface area contributed by atoms with E-state index in [1.54, 1.807) is 30.3 Å². The zero-order valence-corrected chi connectivity index (χ0v) is 11.9. The maximum absolute atomic E-state index is 12.4. The highest BCUT2D eigenvalue weighted by molar-refractivity contribution is 6.25. The zero-order chi connectivity index (χ0) is 16.0. The van der Waals surface area contributed by atoms with Crippen LogP contribution in [0.1, 0.15) is 22.9 Å². The van der Waals surface area contributed by atoms with Gasteiger partial charge in [-0.25, -0.2) is 4.98 Å². The van der Waals surface area contributed by atoms with Gasteiger partial charge in [0.25, 0.3) is 0 Å². The molecule has 23 heavy (non-hydrogen) atoms. The third-order valence-electron chi connectivity index (χ3n) is 3.93. The molecule has 110 valence electrons. The Morgan fingerprint density at radius 2 is 2.04 bits per heavy atom. The van der Waals surface area contributed by atoms with Crippen LogP contribution < -0.4 is 5.32 Å². The summed E-state index contributed by atoms with van der Waals surface area (Å²) in [5, 5.41) is 20.2. The van der Waals surface area contributed by atoms with Gasteiger partial charge in [-0.1, -0.05) is 18.2 Å². The lowest BCUT2D eigenvalue weighted by Gasteiger charge is -2.24. The molecule has 1 aliphatic rings. The second kappa shape index (κ2) is 4.78. The first-order valence-corrected chi connectivity index (χ1v) is 7.06. The molecule has 4 rings (SSSR count). The van der Waals surface area contributed by atoms with Crippen LogP contribution in [0.15, 0.2) is 42.5 Å². The molecule has 1 amide bonds. The number of carbonyl (C=O) groups excluding carboxylic acids is 1. The Labute approximate surface area is 131 Å². The largest absolute Gasteiger partial charge is 0.341 e. The number of imidazole rings is 1. The molecule has 1 aromatic heterocycles. The lowest BCUT2D eigenvalue weighted by Crippen LogP contribution is -2.34. The minimum atomic E-state index is -0.789. The van der Waals surface area contributed by atoms with Crippen LogP contribution in [-0.4, -0.2) is 21.6 Å². The van der Waals surface area contributed by atoms with Crippen LogP contribution in [-0.2, 0) is 4.79 Å². The van der Waals surface area contributed by atoms with Crippen molar-refractivity contribution in [2.24, 2.45) is 0 Å². The molecule has 0 aliphatic carbocycles. The number of benzene rings is 2. The van der Waals surface area contributed by atoms with E-state index in [4.69, 9.17) is 10.7 Å². The lowest BCUT2D eigenvalue weighted by atomic mass is 9.90. The van der Waals surface area contributed by atoms with E-state index < -0.39 is 5.92 Å². The summed E-state index contributed by atoms with van der Waals surface area (Å²) < 4.78 is 0. The van der Waals surface area contributed by atoms with Gasteiger partial charge in [-0.2, -0.15) is 5.26 Å². The Kier molecular flexibility index (Phi) is 2.75. The van der Waals surface area contributed by atoms with Crippen molar-refractivity contribution in [1.29, 1.82) is 10.7 Å². The molecular formula is C17H11N5O. The van der Waals surface area contributed by atoms with Gasteiger partial charge in [0.15, 0.2) is 0 Å². The first kappa shape index (κ1) is 13.2. The summed E-state index contributed by atoms with van der Waals surface area (Å²) in [7, 11) is 0. The average molecular weight is 301 g/mol. The standard InChI is InChI=1S/C17H11N5O/c18-8-9-5-6-12-13(7-9)21-16(20-12)14-15(19)10-3-1-2-4-11(10)22-17(14)23/h1-7,14,19H,(H,20,21)(H,22,23). The van der Waals surface area contributed by atoms with E-state index in [0.717, 1.165) is 0 Å². The second-order valence-corrected chi connectivity index (χ2v) is 5.35. The number of nitriles is 1. The lowest BCUT2D eigenvalue weighted by molar-refractivity contribution is -0.116. The maximum Gasteiger partial charge on any atom is 0.241 e. The number of aromatic nitrogens is 2. The summed E-state index contributed by atoms with van der Waals surface area (Å²) in [5.41, 5.74) is 3.40. The number of fused-ring (bicyclic) bond motifs is 2. The van der Waals surface area contributed by atoms with Gasteiger partial charge >= 0.3 is 0 Å². The summed E-state index contributed by atoms with van der Waals surface area (Å²) >= 11 is 0. The van der Waals surface area contributed by atoms with E-state index >= 15 is 0 Å². The van der Waals surface area contributed by atoms with E-state index in [-0.39, 0.29) is 11.6 Å². The van der Waals surface area contributed by atoms with Crippen molar-refractivity contribution in [3.63, 3.8) is 0 Å². The first-order chi connectivity index (χ1) is 11.2. The highest BCUT2D eigenvalue weighted by Crippen LogP contribution is 2.31. The highest BCUT2D eigenvalue weighted by atomic mass is 16.2. The monoisotopic (exact) mass is 301 g/mol. The Morgan fingerprint density at radius 1 is 1.22 bits per heavy atom. The number of nitrogens with zero attached hydrogens (tertiary/aromatic N) is 2. The van der Waals surface area contributed by atoms with Crippen LogP contribution >= 0.6 is 0 Å². The normalized spacial score (nSPS) is 16.7. The topological polar surface area (TPSA) is 105 Å². The smallest absolute Gasteiger partial charge is 0.241 e. The number of nitrogens with one attached hydrogen (secondary N) is 3. The molecule has 6 nitrogen and oxygen atoms in total. The molecule has 1 unspecified atom stereocenters.